The number of aromatic carboxylic acids is 1. The Labute approximate surface area is 129 Å². The van der Waals surface area contributed by atoms with E-state index in [9.17, 15) is 4.79 Å². The van der Waals surface area contributed by atoms with Crippen molar-refractivity contribution in [2.24, 2.45) is 5.92 Å². The fourth-order valence-electron chi connectivity index (χ4n) is 1.83. The average Bonchev–Trinajstić information content (AvgIpc) is 2.48. The molecule has 1 heterocycles. The molecular formula is C16H20N4O2. The fraction of sp³-hybridized carbons (Fsp3) is 0.312. The van der Waals surface area contributed by atoms with Crippen LogP contribution in [0.5, 0.6) is 0 Å². The third-order valence-corrected chi connectivity index (χ3v) is 3.06. The normalized spacial score (nSPS) is 10.5. The summed E-state index contributed by atoms with van der Waals surface area (Å²) in [5, 5.41) is 15.2. The molecule has 0 aliphatic rings. The summed E-state index contributed by atoms with van der Waals surface area (Å²) in [5.41, 5.74) is 1.03. The number of anilines is 3. The number of carbonyl (C=O) groups is 1. The predicted molar refractivity (Wildman–Crippen MR) is 86.7 cm³/mol. The lowest BCUT2D eigenvalue weighted by atomic mass is 10.1. The van der Waals surface area contributed by atoms with Crippen LogP contribution >= 0.6 is 0 Å². The van der Waals surface area contributed by atoms with Crippen LogP contribution in [-0.4, -0.2) is 27.6 Å². The minimum atomic E-state index is -0.940. The van der Waals surface area contributed by atoms with Crippen LogP contribution < -0.4 is 10.6 Å². The van der Waals surface area contributed by atoms with Gasteiger partial charge in [-0.2, -0.15) is 4.98 Å². The lowest BCUT2D eigenvalue weighted by molar-refractivity contribution is 0.0697. The number of rotatable bonds is 7. The van der Waals surface area contributed by atoms with Crippen LogP contribution in [0.15, 0.2) is 36.5 Å². The molecule has 0 aliphatic carbocycles. The highest BCUT2D eigenvalue weighted by Crippen LogP contribution is 2.16. The van der Waals surface area contributed by atoms with Gasteiger partial charge in [0.15, 0.2) is 0 Å². The Morgan fingerprint density at radius 3 is 2.59 bits per heavy atom. The summed E-state index contributed by atoms with van der Waals surface area (Å²) in [6.45, 7) is 5.16. The number of carboxylic acids is 1. The minimum absolute atomic E-state index is 0.254. The lowest BCUT2D eigenvalue weighted by Gasteiger charge is -2.09. The molecule has 6 heteroatoms. The van der Waals surface area contributed by atoms with Crippen molar-refractivity contribution in [2.75, 3.05) is 17.2 Å². The zero-order valence-electron chi connectivity index (χ0n) is 12.7. The second-order valence-electron chi connectivity index (χ2n) is 5.38. The molecule has 0 amide bonds. The van der Waals surface area contributed by atoms with E-state index in [1.165, 1.54) is 0 Å². The van der Waals surface area contributed by atoms with Gasteiger partial charge in [0.2, 0.25) is 5.95 Å². The molecular weight excluding hydrogens is 280 g/mol. The van der Waals surface area contributed by atoms with Crippen molar-refractivity contribution in [3.8, 4) is 0 Å². The molecule has 1 aromatic heterocycles. The molecule has 0 unspecified atom stereocenters. The van der Waals surface area contributed by atoms with Crippen molar-refractivity contribution in [3.63, 3.8) is 0 Å². The number of benzene rings is 1. The van der Waals surface area contributed by atoms with Crippen LogP contribution in [0, 0.1) is 5.92 Å². The maximum atomic E-state index is 10.8. The topological polar surface area (TPSA) is 87.1 Å². The third kappa shape index (κ3) is 4.73. The van der Waals surface area contributed by atoms with E-state index in [1.807, 2.05) is 0 Å². The minimum Gasteiger partial charge on any atom is -0.478 e. The first-order valence-electron chi connectivity index (χ1n) is 7.22. The van der Waals surface area contributed by atoms with Crippen molar-refractivity contribution in [2.45, 2.75) is 20.3 Å². The monoisotopic (exact) mass is 300 g/mol. The zero-order valence-corrected chi connectivity index (χ0v) is 12.7. The molecule has 2 aromatic rings. The molecule has 0 saturated heterocycles. The van der Waals surface area contributed by atoms with Crippen LogP contribution in [-0.2, 0) is 0 Å². The Morgan fingerprint density at radius 1 is 1.23 bits per heavy atom. The van der Waals surface area contributed by atoms with Crippen LogP contribution in [0.25, 0.3) is 0 Å². The average molecular weight is 300 g/mol. The second-order valence-corrected chi connectivity index (χ2v) is 5.38. The smallest absolute Gasteiger partial charge is 0.335 e. The summed E-state index contributed by atoms with van der Waals surface area (Å²) in [6, 6.07) is 8.27. The molecule has 0 fully saturated rings. The molecule has 0 saturated carbocycles. The molecule has 0 spiro atoms. The van der Waals surface area contributed by atoms with Crippen LogP contribution in [0.1, 0.15) is 30.6 Å². The molecule has 1 aromatic carbocycles. The van der Waals surface area contributed by atoms with Gasteiger partial charge in [-0.25, -0.2) is 9.78 Å². The maximum Gasteiger partial charge on any atom is 0.335 e. The van der Waals surface area contributed by atoms with Gasteiger partial charge in [0.1, 0.15) is 5.82 Å². The highest BCUT2D eigenvalue weighted by atomic mass is 16.4. The van der Waals surface area contributed by atoms with Crippen LogP contribution in [0.4, 0.5) is 17.5 Å². The first-order valence-corrected chi connectivity index (χ1v) is 7.22. The fourth-order valence-corrected chi connectivity index (χ4v) is 1.83. The summed E-state index contributed by atoms with van der Waals surface area (Å²) in [7, 11) is 0. The molecule has 0 atom stereocenters. The first kappa shape index (κ1) is 15.8. The summed E-state index contributed by atoms with van der Waals surface area (Å²) >= 11 is 0. The standard InChI is InChI=1S/C16H20N4O2/c1-11(2)7-9-17-16-18-10-8-14(20-16)19-13-5-3-12(4-6-13)15(21)22/h3-6,8,10-11H,7,9H2,1-2H3,(H,21,22)(H2,17,18,19,20). The number of hydrogen-bond donors (Lipinski definition) is 3. The van der Waals surface area contributed by atoms with Crippen molar-refractivity contribution < 1.29 is 9.90 Å². The molecule has 0 aliphatic heterocycles. The van der Waals surface area contributed by atoms with Gasteiger partial charge in [-0.3, -0.25) is 0 Å². The molecule has 116 valence electrons. The number of hydrogen-bond acceptors (Lipinski definition) is 5. The Hall–Kier alpha value is -2.63. The summed E-state index contributed by atoms with van der Waals surface area (Å²) < 4.78 is 0. The van der Waals surface area contributed by atoms with Gasteiger partial charge in [-0.1, -0.05) is 13.8 Å². The van der Waals surface area contributed by atoms with E-state index in [0.29, 0.717) is 17.7 Å². The highest BCUT2D eigenvalue weighted by molar-refractivity contribution is 5.88. The first-order chi connectivity index (χ1) is 10.5. The number of carboxylic acid groups (broad SMARTS) is 1. The van der Waals surface area contributed by atoms with Crippen molar-refractivity contribution in [1.29, 1.82) is 0 Å². The quantitative estimate of drug-likeness (QED) is 0.726. The molecule has 3 N–H and O–H groups in total. The SMILES string of the molecule is CC(C)CCNc1nccc(Nc2ccc(C(=O)O)cc2)n1. The maximum absolute atomic E-state index is 10.8. The third-order valence-electron chi connectivity index (χ3n) is 3.06. The van der Waals surface area contributed by atoms with Gasteiger partial charge >= 0.3 is 5.97 Å². The van der Waals surface area contributed by atoms with E-state index >= 15 is 0 Å². The van der Waals surface area contributed by atoms with Gasteiger partial charge in [0.05, 0.1) is 5.56 Å². The van der Waals surface area contributed by atoms with Gasteiger partial charge in [-0.05, 0) is 42.7 Å². The van der Waals surface area contributed by atoms with Gasteiger partial charge in [0.25, 0.3) is 0 Å². The van der Waals surface area contributed by atoms with Crippen LogP contribution in [0.2, 0.25) is 0 Å². The molecule has 22 heavy (non-hydrogen) atoms. The van der Waals surface area contributed by atoms with Gasteiger partial charge in [-0.15, -0.1) is 0 Å². The number of nitrogens with zero attached hydrogens (tertiary/aromatic N) is 2. The Kier molecular flexibility index (Phi) is 5.30. The van der Waals surface area contributed by atoms with Gasteiger partial charge in [0, 0.05) is 18.4 Å². The van der Waals surface area contributed by atoms with E-state index in [-0.39, 0.29) is 5.56 Å². The van der Waals surface area contributed by atoms with Gasteiger partial charge < -0.3 is 15.7 Å². The second kappa shape index (κ2) is 7.40. The lowest BCUT2D eigenvalue weighted by Crippen LogP contribution is -2.08. The van der Waals surface area contributed by atoms with E-state index in [2.05, 4.69) is 34.4 Å². The highest BCUT2D eigenvalue weighted by Gasteiger charge is 2.03. The Balaban J connectivity index is 1.99. The van der Waals surface area contributed by atoms with Crippen molar-refractivity contribution in [1.82, 2.24) is 9.97 Å². The summed E-state index contributed by atoms with van der Waals surface area (Å²) in [5.74, 6) is 0.921. The molecule has 6 nitrogen and oxygen atoms in total. The number of aromatic nitrogens is 2. The van der Waals surface area contributed by atoms with Crippen molar-refractivity contribution in [3.05, 3.63) is 42.1 Å². The summed E-state index contributed by atoms with van der Waals surface area (Å²) in [4.78, 5) is 19.4. The van der Waals surface area contributed by atoms with E-state index in [4.69, 9.17) is 5.11 Å². The largest absolute Gasteiger partial charge is 0.478 e. The van der Waals surface area contributed by atoms with Crippen molar-refractivity contribution >= 4 is 23.4 Å². The molecule has 2 rings (SSSR count). The molecule has 0 radical (unpaired) electrons. The predicted octanol–water partition coefficient (Wildman–Crippen LogP) is 3.38. The Morgan fingerprint density at radius 2 is 1.95 bits per heavy atom. The number of nitrogens with one attached hydrogen (secondary N) is 2. The van der Waals surface area contributed by atoms with E-state index < -0.39 is 5.97 Å². The van der Waals surface area contributed by atoms with E-state index in [1.54, 1.807) is 36.5 Å². The van der Waals surface area contributed by atoms with Crippen LogP contribution in [0.3, 0.4) is 0 Å². The zero-order chi connectivity index (χ0) is 15.9. The summed E-state index contributed by atoms with van der Waals surface area (Å²) in [6.07, 6.45) is 2.73. The van der Waals surface area contributed by atoms with E-state index in [0.717, 1.165) is 18.7 Å². The Bertz CT molecular complexity index is 626. The molecule has 0 bridgehead atoms.